The van der Waals surface area contributed by atoms with Crippen LogP contribution < -0.4 is 10.2 Å². The van der Waals surface area contributed by atoms with Crippen molar-refractivity contribution >= 4 is 23.4 Å². The Hall–Kier alpha value is -4.20. The van der Waals surface area contributed by atoms with Gasteiger partial charge < -0.3 is 19.9 Å². The van der Waals surface area contributed by atoms with E-state index in [4.69, 9.17) is 9.72 Å². The van der Waals surface area contributed by atoms with Gasteiger partial charge >= 0.3 is 6.09 Å². The minimum atomic E-state index is -0.610. The Kier molecular flexibility index (Phi) is 8.41. The van der Waals surface area contributed by atoms with Gasteiger partial charge in [-0.05, 0) is 74.2 Å². The summed E-state index contributed by atoms with van der Waals surface area (Å²) in [6, 6.07) is 18.2. The molecule has 0 fully saturated rings. The van der Waals surface area contributed by atoms with Crippen molar-refractivity contribution in [3.63, 3.8) is 0 Å². The summed E-state index contributed by atoms with van der Waals surface area (Å²) in [4.78, 5) is 37.4. The number of nitrogens with one attached hydrogen (secondary N) is 1. The summed E-state index contributed by atoms with van der Waals surface area (Å²) in [6.07, 6.45) is 6.28. The Morgan fingerprint density at radius 2 is 1.89 bits per heavy atom. The van der Waals surface area contributed by atoms with Crippen LogP contribution >= 0.6 is 0 Å². The highest BCUT2D eigenvalue weighted by molar-refractivity contribution is 5.82. The molecular weight excluding hydrogens is 478 g/mol. The Morgan fingerprint density at radius 3 is 2.55 bits per heavy atom. The molecule has 198 valence electrons. The first-order valence-corrected chi connectivity index (χ1v) is 12.8. The molecule has 1 N–H and O–H groups in total. The normalized spacial score (nSPS) is 13.5. The lowest BCUT2D eigenvalue weighted by Gasteiger charge is -2.27. The van der Waals surface area contributed by atoms with Crippen LogP contribution in [0.15, 0.2) is 73.1 Å². The van der Waals surface area contributed by atoms with E-state index in [0.29, 0.717) is 6.54 Å². The third-order valence-electron chi connectivity index (χ3n) is 6.16. The summed E-state index contributed by atoms with van der Waals surface area (Å²) in [5, 5.41) is 2.51. The quantitative estimate of drug-likeness (QED) is 0.483. The van der Waals surface area contributed by atoms with Crippen molar-refractivity contribution in [2.75, 3.05) is 31.6 Å². The van der Waals surface area contributed by atoms with Crippen LogP contribution in [-0.2, 0) is 16.1 Å². The molecule has 0 unspecified atom stereocenters. The summed E-state index contributed by atoms with van der Waals surface area (Å²) in [5.41, 5.74) is 4.74. The van der Waals surface area contributed by atoms with Crippen LogP contribution in [0.4, 0.5) is 10.6 Å². The zero-order valence-electron chi connectivity index (χ0n) is 22.5. The van der Waals surface area contributed by atoms with E-state index < -0.39 is 11.7 Å². The number of nitrogens with zero attached hydrogens (tertiary/aromatic N) is 4. The maximum absolute atomic E-state index is 12.5. The first-order valence-electron chi connectivity index (χ1n) is 12.8. The molecule has 0 radical (unpaired) electrons. The van der Waals surface area contributed by atoms with Crippen molar-refractivity contribution in [1.29, 1.82) is 0 Å². The number of amides is 2. The van der Waals surface area contributed by atoms with E-state index in [1.54, 1.807) is 32.7 Å². The molecule has 0 saturated heterocycles. The average molecular weight is 514 g/mol. The predicted octanol–water partition coefficient (Wildman–Crippen LogP) is 4.92. The van der Waals surface area contributed by atoms with Crippen molar-refractivity contribution in [3.8, 4) is 11.1 Å². The molecular formula is C30H35N5O3. The van der Waals surface area contributed by atoms with Crippen LogP contribution in [0.2, 0.25) is 0 Å². The molecule has 1 aromatic carbocycles. The van der Waals surface area contributed by atoms with Gasteiger partial charge in [0.1, 0.15) is 18.0 Å². The van der Waals surface area contributed by atoms with Crippen LogP contribution in [0.25, 0.3) is 16.7 Å². The van der Waals surface area contributed by atoms with Gasteiger partial charge in [-0.15, -0.1) is 0 Å². The standard InChI is InChI=1S/C30H35N5O3/c1-30(2,3)38-29(37)33-20-28(36)34(4)21-22-8-7-9-24(18-22)25-11-12-27(32-19-25)35-16-13-23(14-17-35)26-10-5-6-15-31-26/h5-13,15,18-19H,14,16-17,20-21H2,1-4H3,(H,33,37). The molecule has 38 heavy (non-hydrogen) atoms. The maximum atomic E-state index is 12.5. The van der Waals surface area contributed by atoms with Crippen LogP contribution in [0.5, 0.6) is 0 Å². The monoisotopic (exact) mass is 513 g/mol. The number of alkyl carbamates (subject to hydrolysis) is 1. The molecule has 0 atom stereocenters. The number of ether oxygens (including phenoxy) is 1. The Bertz CT molecular complexity index is 1280. The molecule has 0 aliphatic carbocycles. The first kappa shape index (κ1) is 26.9. The molecule has 8 nitrogen and oxygen atoms in total. The fourth-order valence-corrected chi connectivity index (χ4v) is 4.21. The number of carbonyl (C=O) groups is 2. The summed E-state index contributed by atoms with van der Waals surface area (Å²) >= 11 is 0. The highest BCUT2D eigenvalue weighted by atomic mass is 16.6. The Morgan fingerprint density at radius 1 is 1.05 bits per heavy atom. The number of anilines is 1. The molecule has 0 bridgehead atoms. The van der Waals surface area contributed by atoms with Crippen LogP contribution in [0.1, 0.15) is 38.4 Å². The van der Waals surface area contributed by atoms with Gasteiger partial charge in [-0.3, -0.25) is 9.78 Å². The number of carbonyl (C=O) groups excluding carboxylic acids is 2. The number of hydrogen-bond donors (Lipinski definition) is 1. The SMILES string of the molecule is CN(Cc1cccc(-c2ccc(N3CC=C(c4ccccn4)CC3)nc2)c1)C(=O)CNC(=O)OC(C)(C)C. The maximum Gasteiger partial charge on any atom is 0.408 e. The smallest absolute Gasteiger partial charge is 0.408 e. The number of aromatic nitrogens is 2. The van der Waals surface area contributed by atoms with Gasteiger partial charge in [0, 0.05) is 44.6 Å². The fraction of sp³-hybridized carbons (Fsp3) is 0.333. The molecule has 1 aliphatic rings. The summed E-state index contributed by atoms with van der Waals surface area (Å²) in [5.74, 6) is 0.748. The van der Waals surface area contributed by atoms with E-state index in [0.717, 1.165) is 47.7 Å². The van der Waals surface area contributed by atoms with Crippen molar-refractivity contribution < 1.29 is 14.3 Å². The molecule has 0 saturated carbocycles. The molecule has 3 aromatic rings. The summed E-state index contributed by atoms with van der Waals surface area (Å²) in [7, 11) is 1.72. The number of rotatable bonds is 7. The van der Waals surface area contributed by atoms with E-state index in [1.165, 1.54) is 5.57 Å². The second-order valence-corrected chi connectivity index (χ2v) is 10.4. The van der Waals surface area contributed by atoms with Crippen molar-refractivity contribution in [2.45, 2.75) is 39.3 Å². The van der Waals surface area contributed by atoms with Gasteiger partial charge in [-0.1, -0.05) is 30.3 Å². The van der Waals surface area contributed by atoms with Gasteiger partial charge in [0.15, 0.2) is 0 Å². The van der Waals surface area contributed by atoms with Crippen molar-refractivity contribution in [1.82, 2.24) is 20.2 Å². The molecule has 0 spiro atoms. The van der Waals surface area contributed by atoms with Crippen LogP contribution in [0, 0.1) is 0 Å². The lowest BCUT2D eigenvalue weighted by Crippen LogP contribution is -2.40. The third kappa shape index (κ3) is 7.41. The molecule has 3 heterocycles. The summed E-state index contributed by atoms with van der Waals surface area (Å²) < 4.78 is 5.19. The topological polar surface area (TPSA) is 87.7 Å². The summed E-state index contributed by atoms with van der Waals surface area (Å²) in [6.45, 7) is 7.34. The van der Waals surface area contributed by atoms with Crippen LogP contribution in [0.3, 0.4) is 0 Å². The molecule has 4 rings (SSSR count). The second-order valence-electron chi connectivity index (χ2n) is 10.4. The second kappa shape index (κ2) is 11.9. The Balaban J connectivity index is 1.33. The molecule has 2 aromatic heterocycles. The molecule has 8 heteroatoms. The van der Waals surface area contributed by atoms with Crippen molar-refractivity contribution in [3.05, 3.63) is 84.3 Å². The fourth-order valence-electron chi connectivity index (χ4n) is 4.21. The van der Waals surface area contributed by atoms with Gasteiger partial charge in [-0.25, -0.2) is 9.78 Å². The minimum Gasteiger partial charge on any atom is -0.444 e. The Labute approximate surface area is 224 Å². The van der Waals surface area contributed by atoms with Gasteiger partial charge in [-0.2, -0.15) is 0 Å². The molecule has 2 amide bonds. The number of likely N-dealkylation sites (N-methyl/N-ethyl adjacent to an activating group) is 1. The first-order chi connectivity index (χ1) is 18.2. The van der Waals surface area contributed by atoms with E-state index in [2.05, 4.69) is 45.5 Å². The number of pyridine rings is 2. The van der Waals surface area contributed by atoms with Crippen LogP contribution in [-0.4, -0.2) is 59.2 Å². The van der Waals surface area contributed by atoms with E-state index in [1.807, 2.05) is 42.7 Å². The predicted molar refractivity (Wildman–Crippen MR) is 149 cm³/mol. The zero-order chi connectivity index (χ0) is 27.1. The highest BCUT2D eigenvalue weighted by Gasteiger charge is 2.18. The highest BCUT2D eigenvalue weighted by Crippen LogP contribution is 2.26. The van der Waals surface area contributed by atoms with Gasteiger partial charge in [0.25, 0.3) is 0 Å². The number of hydrogen-bond acceptors (Lipinski definition) is 6. The van der Waals surface area contributed by atoms with Gasteiger partial charge in [0.2, 0.25) is 5.91 Å². The largest absolute Gasteiger partial charge is 0.444 e. The van der Waals surface area contributed by atoms with Gasteiger partial charge in [0.05, 0.1) is 5.69 Å². The average Bonchev–Trinajstić information content (AvgIpc) is 2.91. The zero-order valence-corrected chi connectivity index (χ0v) is 22.5. The third-order valence-corrected chi connectivity index (χ3v) is 6.16. The van der Waals surface area contributed by atoms with E-state index in [9.17, 15) is 9.59 Å². The van der Waals surface area contributed by atoms with E-state index in [-0.39, 0.29) is 12.5 Å². The lowest BCUT2D eigenvalue weighted by atomic mass is 10.0. The van der Waals surface area contributed by atoms with E-state index >= 15 is 0 Å². The molecule has 1 aliphatic heterocycles. The number of benzene rings is 1. The minimum absolute atomic E-state index is 0.120. The van der Waals surface area contributed by atoms with Crippen molar-refractivity contribution in [2.24, 2.45) is 0 Å². The lowest BCUT2D eigenvalue weighted by molar-refractivity contribution is -0.129.